The van der Waals surface area contributed by atoms with Gasteiger partial charge in [0, 0.05) is 0 Å². The Morgan fingerprint density at radius 2 is 1.71 bits per heavy atom. The number of esters is 1. The number of halogens is 1. The van der Waals surface area contributed by atoms with Crippen LogP contribution in [0, 0.1) is 5.92 Å². The van der Waals surface area contributed by atoms with Gasteiger partial charge in [0.15, 0.2) is 0 Å². The Labute approximate surface area is 115 Å². The molecule has 0 spiro atoms. The maximum Gasteiger partial charge on any atom is 0.316 e. The van der Waals surface area contributed by atoms with Crippen LogP contribution in [-0.2, 0) is 9.53 Å². The molecule has 102 valence electrons. The van der Waals surface area contributed by atoms with E-state index in [1.54, 1.807) is 0 Å². The molecule has 0 radical (unpaired) electrons. The molecule has 0 rings (SSSR count). The number of ether oxygens (including phenoxy) is 1. The zero-order chi connectivity index (χ0) is 12.9. The van der Waals surface area contributed by atoms with Crippen LogP contribution in [0.2, 0.25) is 0 Å². The molecular formula is C14H27BrO2. The van der Waals surface area contributed by atoms with Gasteiger partial charge in [-0.15, -0.1) is 0 Å². The van der Waals surface area contributed by atoms with E-state index in [0.717, 1.165) is 0 Å². The lowest BCUT2D eigenvalue weighted by Crippen LogP contribution is -2.15. The van der Waals surface area contributed by atoms with Crippen molar-refractivity contribution in [2.75, 3.05) is 11.9 Å². The van der Waals surface area contributed by atoms with Gasteiger partial charge >= 0.3 is 5.97 Å². The van der Waals surface area contributed by atoms with E-state index < -0.39 is 0 Å². The SMILES string of the molecule is CCCCCC[C@@H](CCCC)COC(=O)CBr. The molecule has 0 amide bonds. The molecule has 0 aromatic heterocycles. The molecular weight excluding hydrogens is 280 g/mol. The summed E-state index contributed by atoms with van der Waals surface area (Å²) in [6, 6.07) is 0. The fourth-order valence-corrected chi connectivity index (χ4v) is 2.07. The minimum absolute atomic E-state index is 0.139. The number of hydrogen-bond acceptors (Lipinski definition) is 2. The highest BCUT2D eigenvalue weighted by Gasteiger charge is 2.11. The first-order valence-electron chi connectivity index (χ1n) is 6.96. The van der Waals surface area contributed by atoms with Gasteiger partial charge < -0.3 is 4.74 Å². The van der Waals surface area contributed by atoms with E-state index in [1.807, 2.05) is 0 Å². The summed E-state index contributed by atoms with van der Waals surface area (Å²) >= 11 is 3.12. The van der Waals surface area contributed by atoms with Crippen molar-refractivity contribution in [1.82, 2.24) is 0 Å². The second-order valence-electron chi connectivity index (χ2n) is 4.67. The molecule has 2 nitrogen and oxygen atoms in total. The second-order valence-corrected chi connectivity index (χ2v) is 5.23. The molecule has 0 fully saturated rings. The third kappa shape index (κ3) is 10.8. The minimum Gasteiger partial charge on any atom is -0.465 e. The van der Waals surface area contributed by atoms with E-state index in [9.17, 15) is 4.79 Å². The fraction of sp³-hybridized carbons (Fsp3) is 0.929. The Hall–Kier alpha value is -0.0500. The quantitative estimate of drug-likeness (QED) is 0.314. The van der Waals surface area contributed by atoms with Gasteiger partial charge in [0.05, 0.1) is 6.61 Å². The Kier molecular flexibility index (Phi) is 12.4. The summed E-state index contributed by atoms with van der Waals surface area (Å²) in [5.74, 6) is 0.426. The summed E-state index contributed by atoms with van der Waals surface area (Å²) in [6.45, 7) is 5.04. The summed E-state index contributed by atoms with van der Waals surface area (Å²) in [4.78, 5) is 11.1. The van der Waals surface area contributed by atoms with Crippen LogP contribution in [-0.4, -0.2) is 17.9 Å². The van der Waals surface area contributed by atoms with Crippen molar-refractivity contribution in [3.8, 4) is 0 Å². The third-order valence-corrected chi connectivity index (χ3v) is 3.48. The van der Waals surface area contributed by atoms with E-state index in [2.05, 4.69) is 29.8 Å². The molecule has 0 saturated carbocycles. The van der Waals surface area contributed by atoms with Crippen LogP contribution in [0.5, 0.6) is 0 Å². The number of hydrogen-bond donors (Lipinski definition) is 0. The topological polar surface area (TPSA) is 26.3 Å². The van der Waals surface area contributed by atoms with Crippen LogP contribution in [0.4, 0.5) is 0 Å². The van der Waals surface area contributed by atoms with Crippen molar-refractivity contribution in [3.05, 3.63) is 0 Å². The van der Waals surface area contributed by atoms with E-state index >= 15 is 0 Å². The van der Waals surface area contributed by atoms with Crippen molar-refractivity contribution < 1.29 is 9.53 Å². The number of carbonyl (C=O) groups is 1. The van der Waals surface area contributed by atoms with Crippen molar-refractivity contribution >= 4 is 21.9 Å². The molecule has 0 aliphatic carbocycles. The molecule has 1 atom stereocenters. The molecule has 0 heterocycles. The lowest BCUT2D eigenvalue weighted by molar-refractivity contribution is -0.141. The highest BCUT2D eigenvalue weighted by atomic mass is 79.9. The highest BCUT2D eigenvalue weighted by molar-refractivity contribution is 9.09. The lowest BCUT2D eigenvalue weighted by Gasteiger charge is -2.16. The number of carbonyl (C=O) groups excluding carboxylic acids is 1. The van der Waals surface area contributed by atoms with Crippen LogP contribution >= 0.6 is 15.9 Å². The minimum atomic E-state index is -0.139. The largest absolute Gasteiger partial charge is 0.465 e. The first-order valence-corrected chi connectivity index (χ1v) is 8.08. The summed E-state index contributed by atoms with van der Waals surface area (Å²) in [6.07, 6.45) is 10.0. The van der Waals surface area contributed by atoms with Gasteiger partial charge in [0.1, 0.15) is 5.33 Å². The number of unbranched alkanes of at least 4 members (excludes halogenated alkanes) is 4. The predicted molar refractivity (Wildman–Crippen MR) is 76.5 cm³/mol. The smallest absolute Gasteiger partial charge is 0.316 e. The highest BCUT2D eigenvalue weighted by Crippen LogP contribution is 2.17. The Bertz CT molecular complexity index is 183. The first-order chi connectivity index (χ1) is 8.24. The van der Waals surface area contributed by atoms with Crippen LogP contribution in [0.1, 0.15) is 65.2 Å². The molecule has 0 bridgehead atoms. The van der Waals surface area contributed by atoms with Gasteiger partial charge in [-0.3, -0.25) is 4.79 Å². The van der Waals surface area contributed by atoms with Gasteiger partial charge in [-0.1, -0.05) is 68.3 Å². The zero-order valence-electron chi connectivity index (χ0n) is 11.3. The van der Waals surface area contributed by atoms with E-state index in [-0.39, 0.29) is 5.97 Å². The summed E-state index contributed by atoms with van der Waals surface area (Å²) in [7, 11) is 0. The van der Waals surface area contributed by atoms with E-state index in [4.69, 9.17) is 4.74 Å². The zero-order valence-corrected chi connectivity index (χ0v) is 12.9. The predicted octanol–water partition coefficient (Wildman–Crippen LogP) is 4.70. The molecule has 0 aliphatic rings. The van der Waals surface area contributed by atoms with Crippen molar-refractivity contribution in [3.63, 3.8) is 0 Å². The van der Waals surface area contributed by atoms with Gasteiger partial charge in [0.2, 0.25) is 0 Å². The Morgan fingerprint density at radius 1 is 1.06 bits per heavy atom. The van der Waals surface area contributed by atoms with Crippen molar-refractivity contribution in [1.29, 1.82) is 0 Å². The summed E-state index contributed by atoms with van der Waals surface area (Å²) in [5.41, 5.74) is 0. The normalized spacial score (nSPS) is 12.4. The van der Waals surface area contributed by atoms with Crippen LogP contribution in [0.15, 0.2) is 0 Å². The molecule has 0 aromatic carbocycles. The van der Waals surface area contributed by atoms with Crippen molar-refractivity contribution in [2.45, 2.75) is 65.2 Å². The van der Waals surface area contributed by atoms with Crippen LogP contribution in [0.25, 0.3) is 0 Å². The van der Waals surface area contributed by atoms with E-state index in [1.165, 1.54) is 51.4 Å². The lowest BCUT2D eigenvalue weighted by atomic mass is 9.96. The molecule has 0 aromatic rings. The monoisotopic (exact) mass is 306 g/mol. The average molecular weight is 307 g/mol. The van der Waals surface area contributed by atoms with Crippen LogP contribution < -0.4 is 0 Å². The standard InChI is InChI=1S/C14H27BrO2/c1-3-5-7-8-10-13(9-6-4-2)12-17-14(16)11-15/h13H,3-12H2,1-2H3/t13-/m1/s1. The maximum absolute atomic E-state index is 11.1. The van der Waals surface area contributed by atoms with Gasteiger partial charge in [0.25, 0.3) is 0 Å². The molecule has 0 aliphatic heterocycles. The maximum atomic E-state index is 11.1. The Balaban J connectivity index is 3.74. The Morgan fingerprint density at radius 3 is 2.29 bits per heavy atom. The second kappa shape index (κ2) is 12.4. The van der Waals surface area contributed by atoms with E-state index in [0.29, 0.717) is 17.9 Å². The number of alkyl halides is 1. The van der Waals surface area contributed by atoms with Gasteiger partial charge in [-0.25, -0.2) is 0 Å². The molecule has 0 saturated heterocycles. The first kappa shape index (κ1) is 16.9. The molecule has 17 heavy (non-hydrogen) atoms. The fourth-order valence-electron chi connectivity index (χ4n) is 1.91. The molecule has 0 unspecified atom stereocenters. The number of rotatable bonds is 11. The molecule has 3 heteroatoms. The average Bonchev–Trinajstić information content (AvgIpc) is 2.36. The molecule has 0 N–H and O–H groups in total. The third-order valence-electron chi connectivity index (χ3n) is 3.02. The summed E-state index contributed by atoms with van der Waals surface area (Å²) in [5, 5.41) is 0.309. The summed E-state index contributed by atoms with van der Waals surface area (Å²) < 4.78 is 5.22. The van der Waals surface area contributed by atoms with Gasteiger partial charge in [-0.05, 0) is 18.8 Å². The van der Waals surface area contributed by atoms with Crippen LogP contribution in [0.3, 0.4) is 0 Å². The van der Waals surface area contributed by atoms with Gasteiger partial charge in [-0.2, -0.15) is 0 Å². The van der Waals surface area contributed by atoms with Crippen molar-refractivity contribution in [2.24, 2.45) is 5.92 Å².